The van der Waals surface area contributed by atoms with Crippen molar-refractivity contribution in [3.8, 4) is 6.07 Å². The molecule has 0 spiro atoms. The third-order valence-corrected chi connectivity index (χ3v) is 3.34. The molecule has 2 N–H and O–H groups in total. The normalized spacial score (nSPS) is 10.2. The summed E-state index contributed by atoms with van der Waals surface area (Å²) >= 11 is 1.48. The largest absolute Gasteiger partial charge is 0.342 e. The van der Waals surface area contributed by atoms with Gasteiger partial charge in [-0.3, -0.25) is 4.79 Å². The highest BCUT2D eigenvalue weighted by Gasteiger charge is 2.03. The van der Waals surface area contributed by atoms with Crippen LogP contribution in [0.3, 0.4) is 0 Å². The maximum absolute atomic E-state index is 11.4. The van der Waals surface area contributed by atoms with Crippen molar-refractivity contribution < 1.29 is 4.79 Å². The second kappa shape index (κ2) is 8.57. The molecule has 0 bridgehead atoms. The van der Waals surface area contributed by atoms with Crippen molar-refractivity contribution in [3.05, 3.63) is 29.8 Å². The Bertz CT molecular complexity index is 454. The monoisotopic (exact) mass is 277 g/mol. The van der Waals surface area contributed by atoms with Crippen LogP contribution < -0.4 is 10.6 Å². The lowest BCUT2D eigenvalue weighted by Crippen LogP contribution is -2.25. The standard InChI is InChI=1S/C14H19N3OS/c1-11(2)17-9-12-4-3-5-13(8-12)19-10-14(18)16-7-6-15/h3-5,8,11,17H,7,9-10H2,1-2H3,(H,16,18). The number of rotatable bonds is 7. The first-order valence-corrected chi connectivity index (χ1v) is 7.19. The maximum atomic E-state index is 11.4. The van der Waals surface area contributed by atoms with E-state index < -0.39 is 0 Å². The molecule has 0 fully saturated rings. The van der Waals surface area contributed by atoms with E-state index in [1.807, 2.05) is 18.2 Å². The molecule has 19 heavy (non-hydrogen) atoms. The van der Waals surface area contributed by atoms with Crippen molar-refractivity contribution >= 4 is 17.7 Å². The van der Waals surface area contributed by atoms with E-state index in [0.29, 0.717) is 11.8 Å². The van der Waals surface area contributed by atoms with Crippen LogP contribution in [0.1, 0.15) is 19.4 Å². The zero-order chi connectivity index (χ0) is 14.1. The van der Waals surface area contributed by atoms with Gasteiger partial charge in [0.25, 0.3) is 0 Å². The van der Waals surface area contributed by atoms with Gasteiger partial charge in [-0.2, -0.15) is 5.26 Å². The number of thioether (sulfide) groups is 1. The summed E-state index contributed by atoms with van der Waals surface area (Å²) in [6.07, 6.45) is 0. The summed E-state index contributed by atoms with van der Waals surface area (Å²) in [7, 11) is 0. The molecule has 0 aliphatic rings. The number of nitriles is 1. The number of nitrogens with one attached hydrogen (secondary N) is 2. The van der Waals surface area contributed by atoms with Crippen LogP contribution in [0.4, 0.5) is 0 Å². The van der Waals surface area contributed by atoms with Gasteiger partial charge >= 0.3 is 0 Å². The molecule has 0 unspecified atom stereocenters. The average molecular weight is 277 g/mol. The SMILES string of the molecule is CC(C)NCc1cccc(SCC(=O)NCC#N)c1. The van der Waals surface area contributed by atoms with Crippen LogP contribution in [0, 0.1) is 11.3 Å². The molecule has 1 rings (SSSR count). The fourth-order valence-corrected chi connectivity index (χ4v) is 2.21. The maximum Gasteiger partial charge on any atom is 0.231 e. The van der Waals surface area contributed by atoms with E-state index >= 15 is 0 Å². The topological polar surface area (TPSA) is 64.9 Å². The predicted molar refractivity (Wildman–Crippen MR) is 77.8 cm³/mol. The summed E-state index contributed by atoms with van der Waals surface area (Å²) in [4.78, 5) is 12.4. The van der Waals surface area contributed by atoms with Gasteiger partial charge in [-0.15, -0.1) is 11.8 Å². The van der Waals surface area contributed by atoms with Crippen molar-refractivity contribution in [1.29, 1.82) is 5.26 Å². The van der Waals surface area contributed by atoms with Gasteiger partial charge < -0.3 is 10.6 Å². The number of nitrogens with zero attached hydrogens (tertiary/aromatic N) is 1. The summed E-state index contributed by atoms with van der Waals surface area (Å²) in [6, 6.07) is 10.5. The summed E-state index contributed by atoms with van der Waals surface area (Å²) in [5.41, 5.74) is 1.20. The molecule has 1 aromatic rings. The molecule has 5 heteroatoms. The van der Waals surface area contributed by atoms with E-state index in [9.17, 15) is 4.79 Å². The first kappa shape index (κ1) is 15.5. The molecular formula is C14H19N3OS. The van der Waals surface area contributed by atoms with E-state index in [-0.39, 0.29) is 12.5 Å². The number of benzene rings is 1. The van der Waals surface area contributed by atoms with Gasteiger partial charge in [-0.1, -0.05) is 26.0 Å². The van der Waals surface area contributed by atoms with Crippen LogP contribution in [0.5, 0.6) is 0 Å². The molecule has 1 aromatic carbocycles. The summed E-state index contributed by atoms with van der Waals surface area (Å²) in [5.74, 6) is 0.222. The van der Waals surface area contributed by atoms with E-state index in [1.165, 1.54) is 17.3 Å². The molecule has 0 radical (unpaired) electrons. The molecule has 0 aliphatic carbocycles. The van der Waals surface area contributed by atoms with E-state index in [1.54, 1.807) is 0 Å². The molecule has 0 atom stereocenters. The predicted octanol–water partition coefficient (Wildman–Crippen LogP) is 1.92. The van der Waals surface area contributed by atoms with Crippen LogP contribution in [-0.2, 0) is 11.3 Å². The molecule has 0 heterocycles. The van der Waals surface area contributed by atoms with Crippen molar-refractivity contribution in [2.75, 3.05) is 12.3 Å². The minimum atomic E-state index is -0.114. The van der Waals surface area contributed by atoms with Gasteiger partial charge in [0.15, 0.2) is 0 Å². The number of carbonyl (C=O) groups excluding carboxylic acids is 1. The Hall–Kier alpha value is -1.51. The smallest absolute Gasteiger partial charge is 0.231 e. The number of carbonyl (C=O) groups is 1. The van der Waals surface area contributed by atoms with Crippen LogP contribution in [-0.4, -0.2) is 24.2 Å². The van der Waals surface area contributed by atoms with Crippen molar-refractivity contribution in [2.45, 2.75) is 31.3 Å². The summed E-state index contributed by atoms with van der Waals surface area (Å²) in [6.45, 7) is 5.11. The van der Waals surface area contributed by atoms with Gasteiger partial charge in [0.05, 0.1) is 11.8 Å². The summed E-state index contributed by atoms with van der Waals surface area (Å²) in [5, 5.41) is 14.2. The lowest BCUT2D eigenvalue weighted by Gasteiger charge is -2.09. The average Bonchev–Trinajstić information content (AvgIpc) is 2.41. The number of hydrogen-bond acceptors (Lipinski definition) is 4. The molecule has 0 aliphatic heterocycles. The highest BCUT2D eigenvalue weighted by atomic mass is 32.2. The fourth-order valence-electron chi connectivity index (χ4n) is 1.41. The van der Waals surface area contributed by atoms with Crippen LogP contribution in [0.2, 0.25) is 0 Å². The van der Waals surface area contributed by atoms with Gasteiger partial charge in [0.2, 0.25) is 5.91 Å². The molecule has 102 valence electrons. The molecule has 4 nitrogen and oxygen atoms in total. The quantitative estimate of drug-likeness (QED) is 0.590. The van der Waals surface area contributed by atoms with Crippen LogP contribution >= 0.6 is 11.8 Å². The Labute approximate surface area is 118 Å². The number of hydrogen-bond donors (Lipinski definition) is 2. The fraction of sp³-hybridized carbons (Fsp3) is 0.429. The lowest BCUT2D eigenvalue weighted by atomic mass is 10.2. The first-order valence-electron chi connectivity index (χ1n) is 6.20. The van der Waals surface area contributed by atoms with Crippen LogP contribution in [0.25, 0.3) is 0 Å². The third kappa shape index (κ3) is 6.85. The second-order valence-electron chi connectivity index (χ2n) is 4.41. The van der Waals surface area contributed by atoms with Gasteiger partial charge in [0, 0.05) is 17.5 Å². The molecule has 0 aromatic heterocycles. The zero-order valence-corrected chi connectivity index (χ0v) is 12.1. The van der Waals surface area contributed by atoms with E-state index in [4.69, 9.17) is 5.26 Å². The van der Waals surface area contributed by atoms with E-state index in [2.05, 4.69) is 36.6 Å². The third-order valence-electron chi connectivity index (χ3n) is 2.35. The molecule has 0 saturated carbocycles. The number of amides is 1. The highest BCUT2D eigenvalue weighted by Crippen LogP contribution is 2.18. The zero-order valence-electron chi connectivity index (χ0n) is 11.3. The Kier molecular flexibility index (Phi) is 7.01. The van der Waals surface area contributed by atoms with Gasteiger partial charge in [-0.25, -0.2) is 0 Å². The minimum Gasteiger partial charge on any atom is -0.342 e. The Morgan fingerprint density at radius 2 is 2.26 bits per heavy atom. The lowest BCUT2D eigenvalue weighted by molar-refractivity contribution is -0.118. The van der Waals surface area contributed by atoms with Crippen molar-refractivity contribution in [2.24, 2.45) is 0 Å². The van der Waals surface area contributed by atoms with Gasteiger partial charge in [-0.05, 0) is 17.7 Å². The van der Waals surface area contributed by atoms with Crippen LogP contribution in [0.15, 0.2) is 29.2 Å². The molecule has 0 saturated heterocycles. The molecule has 1 amide bonds. The second-order valence-corrected chi connectivity index (χ2v) is 5.46. The van der Waals surface area contributed by atoms with Gasteiger partial charge in [0.1, 0.15) is 6.54 Å². The minimum absolute atomic E-state index is 0.0672. The molecular weight excluding hydrogens is 258 g/mol. The summed E-state index contributed by atoms with van der Waals surface area (Å²) < 4.78 is 0. The Morgan fingerprint density at radius 3 is 2.95 bits per heavy atom. The van der Waals surface area contributed by atoms with Crippen molar-refractivity contribution in [1.82, 2.24) is 10.6 Å². The van der Waals surface area contributed by atoms with Crippen molar-refractivity contribution in [3.63, 3.8) is 0 Å². The van der Waals surface area contributed by atoms with E-state index in [0.717, 1.165) is 11.4 Å². The Balaban J connectivity index is 2.44. The first-order chi connectivity index (χ1) is 9.11. The Morgan fingerprint density at radius 1 is 1.47 bits per heavy atom. The highest BCUT2D eigenvalue weighted by molar-refractivity contribution is 8.00.